The van der Waals surface area contributed by atoms with Crippen LogP contribution in [-0.2, 0) is 6.42 Å². The molecule has 0 saturated heterocycles. The number of H-pyrrole nitrogens is 1. The van der Waals surface area contributed by atoms with E-state index >= 15 is 0 Å². The van der Waals surface area contributed by atoms with Crippen molar-refractivity contribution >= 4 is 0 Å². The second kappa shape index (κ2) is 4.72. The molecule has 0 radical (unpaired) electrons. The van der Waals surface area contributed by atoms with Gasteiger partial charge in [-0.2, -0.15) is 4.98 Å². The highest BCUT2D eigenvalue weighted by atomic mass is 16.5. The standard InChI is InChI=1S/C12H14N4O2/c17-10-7-13-9(6-14-10)12-15-11(18-16-12)5-8-3-1-2-4-8/h6-8H,1-5H2,(H,14,17). The summed E-state index contributed by atoms with van der Waals surface area (Å²) in [5, 5.41) is 3.89. The largest absolute Gasteiger partial charge is 0.339 e. The second-order valence-electron chi connectivity index (χ2n) is 4.66. The Morgan fingerprint density at radius 2 is 2.22 bits per heavy atom. The third-order valence-corrected chi connectivity index (χ3v) is 3.31. The molecule has 0 unspecified atom stereocenters. The molecule has 0 spiro atoms. The lowest BCUT2D eigenvalue weighted by Gasteiger charge is -2.02. The van der Waals surface area contributed by atoms with Crippen molar-refractivity contribution in [2.24, 2.45) is 5.92 Å². The zero-order valence-corrected chi connectivity index (χ0v) is 9.93. The molecular weight excluding hydrogens is 232 g/mol. The highest BCUT2D eigenvalue weighted by molar-refractivity contribution is 5.45. The number of hydrogen-bond donors (Lipinski definition) is 1. The monoisotopic (exact) mass is 246 g/mol. The zero-order chi connectivity index (χ0) is 12.4. The molecule has 94 valence electrons. The third kappa shape index (κ3) is 2.32. The van der Waals surface area contributed by atoms with E-state index in [1.807, 2.05) is 0 Å². The van der Waals surface area contributed by atoms with Gasteiger partial charge in [-0.25, -0.2) is 4.98 Å². The van der Waals surface area contributed by atoms with Crippen LogP contribution < -0.4 is 5.56 Å². The summed E-state index contributed by atoms with van der Waals surface area (Å²) in [6.07, 6.45) is 8.63. The molecule has 1 aliphatic carbocycles. The number of nitrogens with one attached hydrogen (secondary N) is 1. The molecule has 1 saturated carbocycles. The maximum absolute atomic E-state index is 10.9. The molecule has 1 fully saturated rings. The van der Waals surface area contributed by atoms with Crippen LogP contribution >= 0.6 is 0 Å². The number of rotatable bonds is 3. The van der Waals surface area contributed by atoms with Crippen molar-refractivity contribution in [2.45, 2.75) is 32.1 Å². The zero-order valence-electron chi connectivity index (χ0n) is 9.93. The van der Waals surface area contributed by atoms with Crippen LogP contribution in [0.25, 0.3) is 11.5 Å². The first-order chi connectivity index (χ1) is 8.81. The first-order valence-electron chi connectivity index (χ1n) is 6.19. The van der Waals surface area contributed by atoms with Crippen molar-refractivity contribution < 1.29 is 4.52 Å². The van der Waals surface area contributed by atoms with Gasteiger partial charge in [-0.15, -0.1) is 0 Å². The quantitative estimate of drug-likeness (QED) is 0.888. The van der Waals surface area contributed by atoms with Crippen LogP contribution in [0.1, 0.15) is 31.6 Å². The van der Waals surface area contributed by atoms with Gasteiger partial charge in [0.2, 0.25) is 11.7 Å². The van der Waals surface area contributed by atoms with E-state index < -0.39 is 0 Å². The Morgan fingerprint density at radius 1 is 1.39 bits per heavy atom. The molecule has 18 heavy (non-hydrogen) atoms. The van der Waals surface area contributed by atoms with Gasteiger partial charge < -0.3 is 9.51 Å². The number of nitrogens with zero attached hydrogens (tertiary/aromatic N) is 3. The summed E-state index contributed by atoms with van der Waals surface area (Å²) in [4.78, 5) is 21.7. The molecule has 1 N–H and O–H groups in total. The van der Waals surface area contributed by atoms with Crippen molar-refractivity contribution in [2.75, 3.05) is 0 Å². The topological polar surface area (TPSA) is 84.7 Å². The van der Waals surface area contributed by atoms with E-state index in [0.29, 0.717) is 23.3 Å². The van der Waals surface area contributed by atoms with E-state index in [1.165, 1.54) is 38.1 Å². The van der Waals surface area contributed by atoms with Crippen molar-refractivity contribution in [3.05, 3.63) is 28.6 Å². The smallest absolute Gasteiger partial charge is 0.266 e. The van der Waals surface area contributed by atoms with Gasteiger partial charge in [0.1, 0.15) is 5.69 Å². The van der Waals surface area contributed by atoms with Crippen molar-refractivity contribution in [1.29, 1.82) is 0 Å². The second-order valence-corrected chi connectivity index (χ2v) is 4.66. The SMILES string of the molecule is O=c1cnc(-c2noc(CC3CCCC3)n2)c[nH]1. The first-order valence-corrected chi connectivity index (χ1v) is 6.19. The van der Waals surface area contributed by atoms with E-state index in [2.05, 4.69) is 20.1 Å². The van der Waals surface area contributed by atoms with E-state index in [-0.39, 0.29) is 5.56 Å². The molecule has 0 aromatic carbocycles. The molecule has 2 aromatic rings. The van der Waals surface area contributed by atoms with Crippen LogP contribution in [0.2, 0.25) is 0 Å². The lowest BCUT2D eigenvalue weighted by Crippen LogP contribution is -2.04. The molecule has 2 heterocycles. The van der Waals surface area contributed by atoms with Gasteiger partial charge in [0.25, 0.3) is 5.56 Å². The predicted octanol–water partition coefficient (Wildman–Crippen LogP) is 1.55. The van der Waals surface area contributed by atoms with Crippen LogP contribution in [0.4, 0.5) is 0 Å². The fourth-order valence-electron chi connectivity index (χ4n) is 2.37. The molecule has 0 bridgehead atoms. The van der Waals surface area contributed by atoms with E-state index in [1.54, 1.807) is 0 Å². The van der Waals surface area contributed by atoms with Crippen molar-refractivity contribution in [3.63, 3.8) is 0 Å². The van der Waals surface area contributed by atoms with Crippen molar-refractivity contribution in [3.8, 4) is 11.5 Å². The van der Waals surface area contributed by atoms with Gasteiger partial charge in [0.05, 0.1) is 6.20 Å². The third-order valence-electron chi connectivity index (χ3n) is 3.31. The maximum Gasteiger partial charge on any atom is 0.266 e. The molecule has 0 amide bonds. The van der Waals surface area contributed by atoms with E-state index in [4.69, 9.17) is 4.52 Å². The molecule has 0 atom stereocenters. The number of hydrogen-bond acceptors (Lipinski definition) is 5. The van der Waals surface area contributed by atoms with Gasteiger partial charge in [-0.05, 0) is 18.8 Å². The minimum Gasteiger partial charge on any atom is -0.339 e. The first kappa shape index (κ1) is 11.1. The Labute approximate surface area is 103 Å². The van der Waals surface area contributed by atoms with Gasteiger partial charge in [-0.3, -0.25) is 4.79 Å². The van der Waals surface area contributed by atoms with Crippen LogP contribution in [0.3, 0.4) is 0 Å². The number of aromatic amines is 1. The summed E-state index contributed by atoms with van der Waals surface area (Å²) >= 11 is 0. The van der Waals surface area contributed by atoms with Crippen LogP contribution in [0.5, 0.6) is 0 Å². The Balaban J connectivity index is 1.76. The average Bonchev–Trinajstić information content (AvgIpc) is 3.02. The van der Waals surface area contributed by atoms with Gasteiger partial charge in [-0.1, -0.05) is 18.0 Å². The minimum absolute atomic E-state index is 0.242. The van der Waals surface area contributed by atoms with Gasteiger partial charge in [0, 0.05) is 12.6 Å². The summed E-state index contributed by atoms with van der Waals surface area (Å²) in [6, 6.07) is 0. The number of aromatic nitrogens is 4. The Morgan fingerprint density at radius 3 is 2.94 bits per heavy atom. The summed E-state index contributed by atoms with van der Waals surface area (Å²) < 4.78 is 5.22. The summed E-state index contributed by atoms with van der Waals surface area (Å²) in [7, 11) is 0. The lowest BCUT2D eigenvalue weighted by molar-refractivity contribution is 0.353. The lowest BCUT2D eigenvalue weighted by atomic mass is 10.0. The predicted molar refractivity (Wildman–Crippen MR) is 63.8 cm³/mol. The Kier molecular flexibility index (Phi) is 2.92. The molecule has 3 rings (SSSR count). The van der Waals surface area contributed by atoms with Gasteiger partial charge in [0.15, 0.2) is 0 Å². The van der Waals surface area contributed by atoms with Crippen LogP contribution in [0.15, 0.2) is 21.7 Å². The molecule has 1 aliphatic rings. The summed E-state index contributed by atoms with van der Waals surface area (Å²) in [6.45, 7) is 0. The maximum atomic E-state index is 10.9. The minimum atomic E-state index is -0.242. The van der Waals surface area contributed by atoms with E-state index in [9.17, 15) is 4.79 Å². The average molecular weight is 246 g/mol. The van der Waals surface area contributed by atoms with Crippen LogP contribution in [0, 0.1) is 5.92 Å². The molecule has 0 aliphatic heterocycles. The molecule has 6 nitrogen and oxygen atoms in total. The highest BCUT2D eigenvalue weighted by Crippen LogP contribution is 2.27. The Hall–Kier alpha value is -1.98. The molecular formula is C12H14N4O2. The Bertz CT molecular complexity index is 563. The van der Waals surface area contributed by atoms with E-state index in [0.717, 1.165) is 6.42 Å². The fraction of sp³-hybridized carbons (Fsp3) is 0.500. The molecule has 6 heteroatoms. The molecule has 2 aromatic heterocycles. The van der Waals surface area contributed by atoms with Crippen LogP contribution in [-0.4, -0.2) is 20.1 Å². The fourth-order valence-corrected chi connectivity index (χ4v) is 2.37. The summed E-state index contributed by atoms with van der Waals surface area (Å²) in [5.41, 5.74) is 0.282. The summed E-state index contributed by atoms with van der Waals surface area (Å²) in [5.74, 6) is 1.76. The van der Waals surface area contributed by atoms with Crippen molar-refractivity contribution in [1.82, 2.24) is 20.1 Å². The van der Waals surface area contributed by atoms with Gasteiger partial charge >= 0.3 is 0 Å². The highest BCUT2D eigenvalue weighted by Gasteiger charge is 2.19. The normalized spacial score (nSPS) is 16.2.